The van der Waals surface area contributed by atoms with Gasteiger partial charge in [-0.25, -0.2) is 0 Å². The number of hydrogen-bond acceptors (Lipinski definition) is 5. The Kier molecular flexibility index (Phi) is 6.23. The van der Waals surface area contributed by atoms with Crippen molar-refractivity contribution >= 4 is 28.4 Å². The summed E-state index contributed by atoms with van der Waals surface area (Å²) in [5.41, 5.74) is 0.997. The van der Waals surface area contributed by atoms with Crippen LogP contribution in [0.25, 0.3) is 10.9 Å². The molecule has 1 amide bonds. The normalized spacial score (nSPS) is 42.6. The molecule has 4 aliphatic rings. The predicted octanol–water partition coefficient (Wildman–Crippen LogP) is 4.06. The number of carbonyl (C=O) groups excluding carboxylic acids is 3. The molecule has 2 aliphatic heterocycles. The van der Waals surface area contributed by atoms with E-state index in [9.17, 15) is 19.5 Å². The Bertz CT molecular complexity index is 1410. The molecule has 2 aliphatic carbocycles. The summed E-state index contributed by atoms with van der Waals surface area (Å²) >= 11 is 0. The molecule has 3 fully saturated rings. The molecule has 1 aromatic carbocycles. The quantitative estimate of drug-likeness (QED) is 0.308. The first-order valence-electron chi connectivity index (χ1n) is 14.2. The van der Waals surface area contributed by atoms with Crippen LogP contribution in [0.15, 0.2) is 54.3 Å². The standard InChI is InChI=1S/C32H38N2O5/c1-17-8-7-10-22-29-31(4,39-29)19(3)27-24(15-20-16-33-23-11-6-5-9-21(20)23)34-30(38)32(22,27)26(36)13-12-25(35)28(37)18(2)14-17/h5-7,9-11,14,16-17,19,22,24,27-29,33,37H,8,12-13,15H2,1-4H3,(H,34,38)/b10-7+,18-14+/t17-,19-,22-,24-,27-,28-,29-,31+,32+/m0/s1. The number of allylic oxidation sites excluding steroid dienone is 2. The van der Waals surface area contributed by atoms with Gasteiger partial charge in [-0.15, -0.1) is 0 Å². The number of benzene rings is 1. The first kappa shape index (κ1) is 26.2. The second kappa shape index (κ2) is 9.27. The molecule has 7 nitrogen and oxygen atoms in total. The van der Waals surface area contributed by atoms with Crippen molar-refractivity contribution in [3.8, 4) is 0 Å². The van der Waals surface area contributed by atoms with Gasteiger partial charge in [-0.05, 0) is 55.7 Å². The van der Waals surface area contributed by atoms with Gasteiger partial charge in [0, 0.05) is 47.8 Å². The van der Waals surface area contributed by atoms with Crippen LogP contribution in [0, 0.1) is 29.1 Å². The van der Waals surface area contributed by atoms with Crippen molar-refractivity contribution in [3.05, 3.63) is 59.8 Å². The average molecular weight is 531 g/mol. The van der Waals surface area contributed by atoms with E-state index in [1.54, 1.807) is 6.92 Å². The molecule has 206 valence electrons. The first-order chi connectivity index (χ1) is 18.6. The fraction of sp³-hybridized carbons (Fsp3) is 0.531. The number of aliphatic hydroxyl groups excluding tert-OH is 1. The smallest absolute Gasteiger partial charge is 0.235 e. The average Bonchev–Trinajstić information content (AvgIpc) is 3.31. The Morgan fingerprint density at radius 3 is 2.69 bits per heavy atom. The lowest BCUT2D eigenvalue weighted by Gasteiger charge is -2.46. The molecule has 7 heteroatoms. The van der Waals surface area contributed by atoms with E-state index in [1.165, 1.54) is 0 Å². The number of aromatic nitrogens is 1. The molecule has 2 aromatic rings. The Hall–Kier alpha value is -3.03. The Balaban J connectivity index is 1.43. The highest BCUT2D eigenvalue weighted by Gasteiger charge is 2.78. The number of epoxide rings is 1. The van der Waals surface area contributed by atoms with Crippen molar-refractivity contribution in [3.63, 3.8) is 0 Å². The number of carbonyl (C=O) groups is 3. The van der Waals surface area contributed by atoms with Crippen LogP contribution in [0.2, 0.25) is 0 Å². The fourth-order valence-electron chi connectivity index (χ4n) is 7.94. The molecule has 3 heterocycles. The third kappa shape index (κ3) is 3.88. The minimum atomic E-state index is -1.32. The summed E-state index contributed by atoms with van der Waals surface area (Å²) in [6.45, 7) is 8.00. The number of ketones is 2. The molecule has 1 saturated carbocycles. The summed E-state index contributed by atoms with van der Waals surface area (Å²) in [5, 5.41) is 15.0. The van der Waals surface area contributed by atoms with Crippen LogP contribution >= 0.6 is 0 Å². The maximum atomic E-state index is 14.3. The van der Waals surface area contributed by atoms with Gasteiger partial charge in [0.05, 0.1) is 11.7 Å². The van der Waals surface area contributed by atoms with E-state index in [0.29, 0.717) is 18.4 Å². The van der Waals surface area contributed by atoms with Gasteiger partial charge in [0.15, 0.2) is 5.78 Å². The van der Waals surface area contributed by atoms with E-state index in [4.69, 9.17) is 4.74 Å². The molecule has 0 bridgehead atoms. The second-order valence-electron chi connectivity index (χ2n) is 12.4. The summed E-state index contributed by atoms with van der Waals surface area (Å²) in [6, 6.07) is 7.84. The van der Waals surface area contributed by atoms with Crippen molar-refractivity contribution in [2.24, 2.45) is 29.1 Å². The van der Waals surface area contributed by atoms with E-state index in [2.05, 4.69) is 36.3 Å². The predicted molar refractivity (Wildman–Crippen MR) is 148 cm³/mol. The monoisotopic (exact) mass is 530 g/mol. The topological polar surface area (TPSA) is 112 Å². The number of fused-ring (bicyclic) bond motifs is 3. The van der Waals surface area contributed by atoms with Gasteiger partial charge in [-0.3, -0.25) is 14.4 Å². The van der Waals surface area contributed by atoms with Gasteiger partial charge in [-0.2, -0.15) is 0 Å². The van der Waals surface area contributed by atoms with Gasteiger partial charge in [0.1, 0.15) is 17.3 Å². The van der Waals surface area contributed by atoms with Gasteiger partial charge >= 0.3 is 0 Å². The molecule has 2 saturated heterocycles. The summed E-state index contributed by atoms with van der Waals surface area (Å²) in [7, 11) is 0. The lowest BCUT2D eigenvalue weighted by molar-refractivity contribution is -0.149. The molecule has 39 heavy (non-hydrogen) atoms. The zero-order valence-electron chi connectivity index (χ0n) is 23.1. The minimum absolute atomic E-state index is 0.0509. The maximum Gasteiger partial charge on any atom is 0.235 e. The number of H-pyrrole nitrogens is 1. The molecule has 3 N–H and O–H groups in total. The van der Waals surface area contributed by atoms with E-state index < -0.39 is 23.0 Å². The summed E-state index contributed by atoms with van der Waals surface area (Å²) in [6.07, 6.45) is 7.62. The van der Waals surface area contributed by atoms with Crippen LogP contribution in [0.5, 0.6) is 0 Å². The van der Waals surface area contributed by atoms with Crippen molar-refractivity contribution in [1.29, 1.82) is 0 Å². The summed E-state index contributed by atoms with van der Waals surface area (Å²) in [4.78, 5) is 44.7. The number of para-hydroxylation sites is 1. The second-order valence-corrected chi connectivity index (χ2v) is 12.4. The van der Waals surface area contributed by atoms with Crippen molar-refractivity contribution in [1.82, 2.24) is 10.3 Å². The highest BCUT2D eigenvalue weighted by atomic mass is 16.6. The third-order valence-corrected chi connectivity index (χ3v) is 10.1. The maximum absolute atomic E-state index is 14.3. The fourth-order valence-corrected chi connectivity index (χ4v) is 7.94. The number of amides is 1. The highest BCUT2D eigenvalue weighted by molar-refractivity contribution is 6.10. The zero-order valence-corrected chi connectivity index (χ0v) is 23.1. The number of aliphatic hydroxyl groups is 1. The molecule has 0 unspecified atom stereocenters. The largest absolute Gasteiger partial charge is 0.381 e. The lowest BCUT2D eigenvalue weighted by atomic mass is 9.51. The molecule has 0 radical (unpaired) electrons. The number of rotatable bonds is 2. The number of Topliss-reactive ketones (excluding diaryl/α,β-unsaturated/α-hetero) is 2. The van der Waals surface area contributed by atoms with Crippen LogP contribution in [0.3, 0.4) is 0 Å². The number of nitrogens with one attached hydrogen (secondary N) is 2. The van der Waals surface area contributed by atoms with E-state index in [0.717, 1.165) is 16.5 Å². The van der Waals surface area contributed by atoms with Gasteiger partial charge < -0.3 is 20.1 Å². The van der Waals surface area contributed by atoms with Crippen molar-refractivity contribution in [2.75, 3.05) is 0 Å². The van der Waals surface area contributed by atoms with Crippen LogP contribution in [-0.4, -0.2) is 51.4 Å². The molecular formula is C32H38N2O5. The third-order valence-electron chi connectivity index (χ3n) is 10.1. The zero-order chi connectivity index (χ0) is 27.7. The van der Waals surface area contributed by atoms with Crippen molar-refractivity contribution < 1.29 is 24.2 Å². The number of hydrogen-bond donors (Lipinski definition) is 3. The Morgan fingerprint density at radius 2 is 1.90 bits per heavy atom. The Morgan fingerprint density at radius 1 is 1.13 bits per heavy atom. The summed E-state index contributed by atoms with van der Waals surface area (Å²) in [5.74, 6) is -1.54. The van der Waals surface area contributed by atoms with Gasteiger partial charge in [0.2, 0.25) is 5.91 Å². The van der Waals surface area contributed by atoms with Crippen LogP contribution in [0.4, 0.5) is 0 Å². The molecule has 1 aromatic heterocycles. The van der Waals surface area contributed by atoms with Crippen LogP contribution < -0.4 is 5.32 Å². The molecule has 9 atom stereocenters. The van der Waals surface area contributed by atoms with Crippen LogP contribution in [-0.2, 0) is 25.5 Å². The highest BCUT2D eigenvalue weighted by Crippen LogP contribution is 2.66. The number of ether oxygens (including phenoxy) is 1. The Labute approximate surface area is 229 Å². The molecular weight excluding hydrogens is 492 g/mol. The SMILES string of the molecule is C/C1=C\[C@@H](C)C/C=C/[C@H]2[C@@H]3O[C@]3(C)[C@@H](C)[C@H]3[C@H](Cc4c[nH]c5ccccc45)NC(=O)[C@]32C(=O)CCC(=O)[C@H]1O. The van der Waals surface area contributed by atoms with Crippen molar-refractivity contribution in [2.45, 2.75) is 77.2 Å². The molecule has 1 spiro atoms. The lowest BCUT2D eigenvalue weighted by Crippen LogP contribution is -2.58. The number of aromatic amines is 1. The van der Waals surface area contributed by atoms with E-state index in [1.807, 2.05) is 43.5 Å². The minimum Gasteiger partial charge on any atom is -0.381 e. The first-order valence-corrected chi connectivity index (χ1v) is 14.2. The van der Waals surface area contributed by atoms with Gasteiger partial charge in [0.25, 0.3) is 0 Å². The summed E-state index contributed by atoms with van der Waals surface area (Å²) < 4.78 is 6.35. The van der Waals surface area contributed by atoms with Crippen LogP contribution in [0.1, 0.15) is 52.5 Å². The van der Waals surface area contributed by atoms with E-state index >= 15 is 0 Å². The molecule has 6 rings (SSSR count). The van der Waals surface area contributed by atoms with E-state index in [-0.39, 0.29) is 60.2 Å². The van der Waals surface area contributed by atoms with Gasteiger partial charge in [-0.1, -0.05) is 50.3 Å².